The van der Waals surface area contributed by atoms with Gasteiger partial charge in [0.25, 0.3) is 0 Å². The van der Waals surface area contributed by atoms with Crippen LogP contribution in [0.3, 0.4) is 0 Å². The summed E-state index contributed by atoms with van der Waals surface area (Å²) in [7, 11) is 0. The zero-order valence-electron chi connectivity index (χ0n) is 5.20. The summed E-state index contributed by atoms with van der Waals surface area (Å²) in [5, 5.41) is 0. The minimum absolute atomic E-state index is 0. The molecule has 0 fully saturated rings. The van der Waals surface area contributed by atoms with E-state index in [1.54, 1.807) is 0 Å². The van der Waals surface area contributed by atoms with Gasteiger partial charge >= 0.3 is 42.1 Å². The maximum absolute atomic E-state index is 0. The van der Waals surface area contributed by atoms with Gasteiger partial charge in [-0.1, -0.05) is 0 Å². The molecule has 0 aromatic carbocycles. The summed E-state index contributed by atoms with van der Waals surface area (Å²) in [5.41, 5.74) is 0. The van der Waals surface area contributed by atoms with Crippen molar-refractivity contribution in [3.63, 3.8) is 0 Å². The number of hydrogen-bond donors (Lipinski definition) is 0. The second-order valence-electron chi connectivity index (χ2n) is 0. The van der Waals surface area contributed by atoms with Gasteiger partial charge in [0.05, 0.1) is 0 Å². The van der Waals surface area contributed by atoms with Crippen molar-refractivity contribution in [2.75, 3.05) is 0 Å². The van der Waals surface area contributed by atoms with Crippen molar-refractivity contribution in [3.8, 4) is 0 Å². The molecule has 0 amide bonds. The molecular weight excluding hydrogens is 636 g/mol. The van der Waals surface area contributed by atoms with Crippen LogP contribution in [0.25, 0.3) is 0 Å². The van der Waals surface area contributed by atoms with E-state index in [0.717, 1.165) is 0 Å². The summed E-state index contributed by atoms with van der Waals surface area (Å²) in [6.45, 7) is 0. The summed E-state index contributed by atoms with van der Waals surface area (Å²) in [6, 6.07) is 0. The van der Waals surface area contributed by atoms with Gasteiger partial charge in [0.2, 0.25) is 0 Å². The van der Waals surface area contributed by atoms with Crippen LogP contribution in [0, 0.1) is 0 Å². The summed E-state index contributed by atoms with van der Waals surface area (Å²) in [4.78, 5) is 0. The van der Waals surface area contributed by atoms with Crippen LogP contribution in [0.1, 0.15) is 0 Å². The standard InChI is InChI=1S/9O.2Pt.2V/q9*-2;2*+4;;. The largest absolute Gasteiger partial charge is 4.00 e. The average Bonchev–Trinajstić information content (AvgIpc) is 0. The molecule has 0 saturated heterocycles. The van der Waals surface area contributed by atoms with Gasteiger partial charge in [-0.05, 0) is 0 Å². The van der Waals surface area contributed by atoms with E-state index in [4.69, 9.17) is 0 Å². The Kier molecular flexibility index (Phi) is 25400. The van der Waals surface area contributed by atoms with Crippen molar-refractivity contribution >= 4 is 0 Å². The van der Waals surface area contributed by atoms with E-state index in [1.165, 1.54) is 0 Å². The SMILES string of the molecule is [O-2].[O-2].[O-2].[O-2].[O-2].[O-2].[O-2].[O-2].[O-2].[Pt+4].[Pt+4].[V].[V]. The Hall–Kier alpha value is 2.19. The van der Waals surface area contributed by atoms with Gasteiger partial charge in [-0.15, -0.1) is 0 Å². The van der Waals surface area contributed by atoms with Gasteiger partial charge < -0.3 is 49.3 Å². The second-order valence-corrected chi connectivity index (χ2v) is 0. The maximum Gasteiger partial charge on any atom is 4.00 e. The molecule has 0 atom stereocenters. The van der Waals surface area contributed by atoms with Crippen LogP contribution < -0.4 is 0 Å². The summed E-state index contributed by atoms with van der Waals surface area (Å²) in [5.74, 6) is 0. The maximum atomic E-state index is 0. The molecule has 0 rings (SSSR count). The molecule has 0 N–H and O–H groups in total. The van der Waals surface area contributed by atoms with Crippen LogP contribution in [0.2, 0.25) is 0 Å². The molecule has 0 aliphatic carbocycles. The van der Waals surface area contributed by atoms with Crippen molar-refractivity contribution in [2.45, 2.75) is 0 Å². The fourth-order valence-corrected chi connectivity index (χ4v) is 0. The fourth-order valence-electron chi connectivity index (χ4n) is 0. The van der Waals surface area contributed by atoms with Crippen LogP contribution in [-0.4, -0.2) is 0 Å². The Balaban J connectivity index is 0. The van der Waals surface area contributed by atoms with Crippen molar-refractivity contribution in [1.82, 2.24) is 0 Å². The summed E-state index contributed by atoms with van der Waals surface area (Å²) in [6.07, 6.45) is 0. The molecule has 0 heterocycles. The van der Waals surface area contributed by atoms with E-state index >= 15 is 0 Å². The van der Waals surface area contributed by atoms with E-state index in [2.05, 4.69) is 0 Å². The zero-order chi connectivity index (χ0) is 0. The van der Waals surface area contributed by atoms with Crippen molar-refractivity contribution < 1.29 is 129 Å². The van der Waals surface area contributed by atoms with E-state index in [1.807, 2.05) is 0 Å². The monoisotopic (exact) mass is 636 g/mol. The Morgan fingerprint density at radius 3 is 0.231 bits per heavy atom. The van der Waals surface area contributed by atoms with Gasteiger partial charge in [-0.25, -0.2) is 0 Å². The Morgan fingerprint density at radius 2 is 0.231 bits per heavy atom. The molecule has 0 saturated carbocycles. The minimum atomic E-state index is 0. The molecule has 13 heavy (non-hydrogen) atoms. The average molecular weight is 636 g/mol. The zero-order valence-corrected chi connectivity index (χ0v) is 12.5. The van der Waals surface area contributed by atoms with Crippen LogP contribution in [0.4, 0.5) is 0 Å². The molecule has 0 aliphatic heterocycles. The summed E-state index contributed by atoms with van der Waals surface area (Å²) >= 11 is 0. The molecule has 0 unspecified atom stereocenters. The molecule has 0 spiro atoms. The van der Waals surface area contributed by atoms with Gasteiger partial charge in [0.1, 0.15) is 0 Å². The molecule has 0 aromatic heterocycles. The van der Waals surface area contributed by atoms with Crippen LogP contribution >= 0.6 is 0 Å². The Morgan fingerprint density at radius 1 is 0.231 bits per heavy atom. The van der Waals surface area contributed by atoms with Crippen LogP contribution in [-0.2, 0) is 129 Å². The van der Waals surface area contributed by atoms with Gasteiger partial charge in [0.15, 0.2) is 0 Å². The van der Waals surface area contributed by atoms with Gasteiger partial charge in [-0.2, -0.15) is 0 Å². The normalized spacial score (nSPS) is 0. The molecular formula is O9Pt2V2-10. The first-order valence-corrected chi connectivity index (χ1v) is 0. The van der Waals surface area contributed by atoms with Crippen LogP contribution in [0.5, 0.6) is 0 Å². The topological polar surface area (TPSA) is 256 Å². The predicted molar refractivity (Wildman–Crippen MR) is 6.18 cm³/mol. The first kappa shape index (κ1) is 640. The molecule has 9 nitrogen and oxygen atoms in total. The fraction of sp³-hybridized carbons (Fsp3) is 0. The Labute approximate surface area is 127 Å². The first-order valence-electron chi connectivity index (χ1n) is 0. The van der Waals surface area contributed by atoms with Crippen molar-refractivity contribution in [1.29, 1.82) is 0 Å². The van der Waals surface area contributed by atoms with Crippen molar-refractivity contribution in [3.05, 3.63) is 0 Å². The third kappa shape index (κ3) is 441. The van der Waals surface area contributed by atoms with Crippen molar-refractivity contribution in [2.24, 2.45) is 0 Å². The minimum Gasteiger partial charge on any atom is -2.00 e. The first-order chi connectivity index (χ1) is 0. The Bertz CT molecular complexity index is 15.6. The third-order valence-corrected chi connectivity index (χ3v) is 0. The molecule has 94 valence electrons. The molecule has 2 radical (unpaired) electrons. The van der Waals surface area contributed by atoms with E-state index in [-0.39, 0.29) is 129 Å². The molecule has 13 heteroatoms. The van der Waals surface area contributed by atoms with Gasteiger partial charge in [-0.3, -0.25) is 0 Å². The number of rotatable bonds is 0. The quantitative estimate of drug-likeness (QED) is 0.308. The van der Waals surface area contributed by atoms with E-state index < -0.39 is 0 Å². The smallest absolute Gasteiger partial charge is 2.00 e. The second kappa shape index (κ2) is 516. The predicted octanol–water partition coefficient (Wildman–Crippen LogP) is -1.08. The van der Waals surface area contributed by atoms with Crippen LogP contribution in [0.15, 0.2) is 0 Å². The van der Waals surface area contributed by atoms with E-state index in [9.17, 15) is 0 Å². The molecule has 0 aliphatic rings. The van der Waals surface area contributed by atoms with Gasteiger partial charge in [0, 0.05) is 37.1 Å². The molecule has 0 aromatic rings. The molecule has 0 bridgehead atoms. The van der Waals surface area contributed by atoms with E-state index in [0.29, 0.717) is 0 Å². The third-order valence-electron chi connectivity index (χ3n) is 0. The number of hydrogen-bond acceptors (Lipinski definition) is 0. The summed E-state index contributed by atoms with van der Waals surface area (Å²) < 4.78 is 0.